The minimum atomic E-state index is -0.931. The van der Waals surface area contributed by atoms with Gasteiger partial charge in [0.1, 0.15) is 0 Å². The molecule has 0 aromatic rings. The predicted molar refractivity (Wildman–Crippen MR) is 143 cm³/mol. The van der Waals surface area contributed by atoms with Crippen LogP contribution < -0.4 is 0 Å². The quantitative estimate of drug-likeness (QED) is 0.281. The summed E-state index contributed by atoms with van der Waals surface area (Å²) < 4.78 is 11.1. The summed E-state index contributed by atoms with van der Waals surface area (Å²) in [7, 11) is 0. The molecule has 2 rings (SSSR count). The van der Waals surface area contributed by atoms with Gasteiger partial charge in [-0.25, -0.2) is 0 Å². The molecule has 0 spiro atoms. The molecule has 0 aromatic heterocycles. The molecule has 216 valence electrons. The Balaban J connectivity index is 0.00000308. The highest BCUT2D eigenvalue weighted by Gasteiger charge is 2.38. The van der Waals surface area contributed by atoms with Gasteiger partial charge in [0.05, 0.1) is 36.9 Å². The zero-order chi connectivity index (χ0) is 28.4. The summed E-state index contributed by atoms with van der Waals surface area (Å²) in [6.45, 7) is 12.5. The molecule has 2 saturated carbocycles. The third kappa shape index (κ3) is 11.9. The van der Waals surface area contributed by atoms with Gasteiger partial charge in [-0.15, -0.1) is 0 Å². The van der Waals surface area contributed by atoms with Crippen LogP contribution in [0.1, 0.15) is 112 Å². The molecular formula is C29H52O8. The number of ether oxygens (including phenoxy) is 2. The van der Waals surface area contributed by atoms with Crippen LogP contribution in [-0.2, 0) is 28.7 Å². The zero-order valence-electron chi connectivity index (χ0n) is 24.0. The molecule has 8 nitrogen and oxygen atoms in total. The number of carbonyl (C=O) groups excluding carboxylic acids is 2. The van der Waals surface area contributed by atoms with Crippen LogP contribution in [0, 0.1) is 35.5 Å². The van der Waals surface area contributed by atoms with Crippen molar-refractivity contribution in [3.05, 3.63) is 0 Å². The van der Waals surface area contributed by atoms with Crippen molar-refractivity contribution >= 4 is 23.9 Å². The van der Waals surface area contributed by atoms with E-state index in [0.717, 1.165) is 38.5 Å². The lowest BCUT2D eigenvalue weighted by molar-refractivity contribution is -0.161. The first kappa shape index (κ1) is 34.9. The molecule has 0 saturated heterocycles. The lowest BCUT2D eigenvalue weighted by Crippen LogP contribution is -2.35. The van der Waals surface area contributed by atoms with E-state index in [9.17, 15) is 29.4 Å². The Morgan fingerprint density at radius 2 is 0.919 bits per heavy atom. The fraction of sp³-hybridized carbons (Fsp3) is 0.862. The number of esters is 2. The molecule has 0 radical (unpaired) electrons. The second kappa shape index (κ2) is 19.9. The summed E-state index contributed by atoms with van der Waals surface area (Å²) in [6.07, 6.45) is 7.75. The maximum atomic E-state index is 12.6. The summed E-state index contributed by atoms with van der Waals surface area (Å²) in [5.41, 5.74) is 0. The highest BCUT2D eigenvalue weighted by Crippen LogP contribution is 2.33. The number of hydrogen-bond acceptors (Lipinski definition) is 6. The number of carboxylic acids is 2. The summed E-state index contributed by atoms with van der Waals surface area (Å²) in [5, 5.41) is 18.8. The van der Waals surface area contributed by atoms with Gasteiger partial charge in [-0.3, -0.25) is 19.2 Å². The average Bonchev–Trinajstić information content (AvgIpc) is 2.94. The van der Waals surface area contributed by atoms with E-state index in [1.165, 1.54) is 0 Å². The molecular weight excluding hydrogens is 476 g/mol. The normalized spacial score (nSPS) is 24.6. The van der Waals surface area contributed by atoms with E-state index < -0.39 is 47.5 Å². The predicted octanol–water partition coefficient (Wildman–Crippen LogP) is 6.35. The fourth-order valence-corrected chi connectivity index (χ4v) is 5.21. The largest absolute Gasteiger partial charge is 0.481 e. The molecule has 6 atom stereocenters. The van der Waals surface area contributed by atoms with E-state index in [2.05, 4.69) is 0 Å². The van der Waals surface area contributed by atoms with Crippen molar-refractivity contribution in [3.8, 4) is 0 Å². The fourth-order valence-electron chi connectivity index (χ4n) is 5.21. The maximum absolute atomic E-state index is 12.6. The van der Waals surface area contributed by atoms with Gasteiger partial charge in [0.25, 0.3) is 0 Å². The first-order valence-electron chi connectivity index (χ1n) is 14.6. The van der Waals surface area contributed by atoms with E-state index >= 15 is 0 Å². The van der Waals surface area contributed by atoms with Crippen molar-refractivity contribution in [1.82, 2.24) is 0 Å². The molecule has 2 fully saturated rings. The molecule has 2 aliphatic rings. The van der Waals surface area contributed by atoms with Crippen molar-refractivity contribution in [1.29, 1.82) is 0 Å². The lowest BCUT2D eigenvalue weighted by atomic mass is 9.79. The Morgan fingerprint density at radius 3 is 1.19 bits per heavy atom. The molecule has 2 N–H and O–H groups in total. The third-order valence-electron chi connectivity index (χ3n) is 7.52. The van der Waals surface area contributed by atoms with Crippen molar-refractivity contribution in [2.24, 2.45) is 35.5 Å². The highest BCUT2D eigenvalue weighted by molar-refractivity contribution is 5.82. The first-order chi connectivity index (χ1) is 17.8. The van der Waals surface area contributed by atoms with E-state index in [1.807, 2.05) is 41.5 Å². The van der Waals surface area contributed by atoms with Crippen molar-refractivity contribution in [2.45, 2.75) is 112 Å². The van der Waals surface area contributed by atoms with Crippen molar-refractivity contribution in [3.63, 3.8) is 0 Å². The highest BCUT2D eigenvalue weighted by atomic mass is 16.5. The van der Waals surface area contributed by atoms with Crippen LogP contribution in [0.4, 0.5) is 0 Å². The van der Waals surface area contributed by atoms with Crippen LogP contribution in [0.15, 0.2) is 0 Å². The number of carboxylic acid groups (broad SMARTS) is 2. The Hall–Kier alpha value is -2.12. The molecule has 0 bridgehead atoms. The Bertz CT molecular complexity index is 621. The van der Waals surface area contributed by atoms with Gasteiger partial charge in [-0.05, 0) is 43.9 Å². The van der Waals surface area contributed by atoms with Crippen LogP contribution in [0.25, 0.3) is 0 Å². The van der Waals surface area contributed by atoms with Gasteiger partial charge in [0.2, 0.25) is 0 Å². The third-order valence-corrected chi connectivity index (χ3v) is 7.52. The number of aliphatic carboxylic acids is 2. The van der Waals surface area contributed by atoms with Gasteiger partial charge in [-0.2, -0.15) is 0 Å². The Morgan fingerprint density at radius 1 is 0.622 bits per heavy atom. The number of hydrogen-bond donors (Lipinski definition) is 2. The van der Waals surface area contributed by atoms with Crippen LogP contribution in [0.5, 0.6) is 0 Å². The minimum absolute atomic E-state index is 0.0888. The van der Waals surface area contributed by atoms with Crippen LogP contribution in [0.3, 0.4) is 0 Å². The van der Waals surface area contributed by atoms with Crippen molar-refractivity contribution < 1.29 is 38.9 Å². The topological polar surface area (TPSA) is 127 Å². The number of rotatable bonds is 12. The molecule has 0 amide bonds. The van der Waals surface area contributed by atoms with Gasteiger partial charge >= 0.3 is 23.9 Å². The Labute approximate surface area is 223 Å². The summed E-state index contributed by atoms with van der Waals surface area (Å²) in [5.74, 6) is -5.00. The van der Waals surface area contributed by atoms with Crippen LogP contribution in [0.2, 0.25) is 0 Å². The van der Waals surface area contributed by atoms with E-state index in [-0.39, 0.29) is 25.0 Å². The van der Waals surface area contributed by atoms with Gasteiger partial charge < -0.3 is 19.7 Å². The summed E-state index contributed by atoms with van der Waals surface area (Å²) in [6, 6.07) is 0. The van der Waals surface area contributed by atoms with Gasteiger partial charge in [-0.1, -0.05) is 80.1 Å². The SMILES string of the molecule is CC.CC.CCC(COC(=O)C1CCCCC1C(=O)O)CC(CC)COC(=O)C1CCCCC1C(=O)O. The molecule has 0 heterocycles. The summed E-state index contributed by atoms with van der Waals surface area (Å²) >= 11 is 0. The Kier molecular flexibility index (Phi) is 18.8. The van der Waals surface area contributed by atoms with E-state index in [1.54, 1.807) is 0 Å². The molecule has 8 heteroatoms. The first-order valence-corrected chi connectivity index (χ1v) is 14.6. The van der Waals surface area contributed by atoms with Crippen LogP contribution in [-0.4, -0.2) is 47.3 Å². The second-order valence-electron chi connectivity index (χ2n) is 9.72. The van der Waals surface area contributed by atoms with Gasteiger partial charge in [0, 0.05) is 0 Å². The van der Waals surface area contributed by atoms with Crippen LogP contribution >= 0.6 is 0 Å². The van der Waals surface area contributed by atoms with E-state index in [4.69, 9.17) is 9.47 Å². The molecule has 0 aliphatic heterocycles. The smallest absolute Gasteiger partial charge is 0.309 e. The molecule has 6 unspecified atom stereocenters. The summed E-state index contributed by atoms with van der Waals surface area (Å²) in [4.78, 5) is 48.1. The second-order valence-corrected chi connectivity index (χ2v) is 9.72. The average molecular weight is 529 g/mol. The molecule has 0 aromatic carbocycles. The molecule has 37 heavy (non-hydrogen) atoms. The van der Waals surface area contributed by atoms with E-state index in [0.29, 0.717) is 32.1 Å². The monoisotopic (exact) mass is 528 g/mol. The lowest BCUT2D eigenvalue weighted by Gasteiger charge is -2.29. The number of carbonyl (C=O) groups is 4. The molecule has 2 aliphatic carbocycles. The zero-order valence-corrected chi connectivity index (χ0v) is 24.0. The maximum Gasteiger partial charge on any atom is 0.309 e. The van der Waals surface area contributed by atoms with Crippen molar-refractivity contribution in [2.75, 3.05) is 13.2 Å². The standard InChI is InChI=1S/C25H40O8.2C2H6/c1-3-16(14-32-24(30)20-11-7-5-9-18(20)22(26)27)13-17(4-2)15-33-25(31)21-12-8-6-10-19(21)23(28)29;2*1-2/h16-21H,3-15H2,1-2H3,(H,26,27)(H,28,29);2*1-2H3. The minimum Gasteiger partial charge on any atom is -0.481 e. The van der Waals surface area contributed by atoms with Gasteiger partial charge in [0.15, 0.2) is 0 Å².